The van der Waals surface area contributed by atoms with Gasteiger partial charge in [-0.15, -0.1) is 0 Å². The zero-order chi connectivity index (χ0) is 12.3. The van der Waals surface area contributed by atoms with Crippen molar-refractivity contribution in [2.75, 3.05) is 0 Å². The lowest BCUT2D eigenvalue weighted by molar-refractivity contribution is -0.167. The second-order valence-corrected chi connectivity index (χ2v) is 4.98. The van der Waals surface area contributed by atoms with Gasteiger partial charge in [0.2, 0.25) is 0 Å². The molecular weight excluding hydrogens is 224 g/mol. The van der Waals surface area contributed by atoms with E-state index in [1.165, 1.54) is 0 Å². The van der Waals surface area contributed by atoms with Gasteiger partial charge in [0.05, 0.1) is 0 Å². The Hall–Kier alpha value is -1.90. The minimum absolute atomic E-state index is 0.250. The third-order valence-electron chi connectivity index (χ3n) is 3.84. The Bertz CT molecular complexity index is 788. The van der Waals surface area contributed by atoms with Crippen LogP contribution in [0.1, 0.15) is 11.1 Å². The van der Waals surface area contributed by atoms with Crippen molar-refractivity contribution < 1.29 is 10.2 Å². The molecule has 0 atom stereocenters. The van der Waals surface area contributed by atoms with Crippen LogP contribution in [0, 0.1) is 0 Å². The summed E-state index contributed by atoms with van der Waals surface area (Å²) in [6.45, 7) is 0. The molecule has 0 aliphatic heterocycles. The topological polar surface area (TPSA) is 40.5 Å². The molecule has 18 heavy (non-hydrogen) atoms. The van der Waals surface area contributed by atoms with Crippen LogP contribution < -0.4 is 0 Å². The fourth-order valence-electron chi connectivity index (χ4n) is 3.07. The van der Waals surface area contributed by atoms with Gasteiger partial charge in [-0.25, -0.2) is 0 Å². The molecule has 1 aliphatic rings. The molecule has 3 aromatic rings. The molecule has 2 N–H and O–H groups in total. The first-order valence-corrected chi connectivity index (χ1v) is 6.05. The minimum atomic E-state index is -1.76. The number of aliphatic hydroxyl groups is 2. The van der Waals surface area contributed by atoms with Gasteiger partial charge in [-0.3, -0.25) is 0 Å². The van der Waals surface area contributed by atoms with Crippen LogP contribution in [0.25, 0.3) is 21.5 Å². The third-order valence-corrected chi connectivity index (χ3v) is 3.84. The highest BCUT2D eigenvalue weighted by Crippen LogP contribution is 2.41. The molecule has 0 fully saturated rings. The Labute approximate surface area is 104 Å². The van der Waals surface area contributed by atoms with Crippen LogP contribution in [0.5, 0.6) is 0 Å². The number of benzene rings is 3. The summed E-state index contributed by atoms with van der Waals surface area (Å²) in [5, 5.41) is 24.8. The Balaban J connectivity index is 2.36. The van der Waals surface area contributed by atoms with E-state index in [-0.39, 0.29) is 6.42 Å². The molecule has 1 aliphatic carbocycles. The lowest BCUT2D eigenvalue weighted by Crippen LogP contribution is -2.30. The predicted octanol–water partition coefficient (Wildman–Crippen LogP) is 2.69. The van der Waals surface area contributed by atoms with Crippen molar-refractivity contribution in [3.8, 4) is 0 Å². The van der Waals surface area contributed by atoms with E-state index in [0.717, 1.165) is 27.1 Å². The maximum absolute atomic E-state index is 10.2. The summed E-state index contributed by atoms with van der Waals surface area (Å²) in [7, 11) is 0. The molecule has 0 heterocycles. The summed E-state index contributed by atoms with van der Waals surface area (Å²) < 4.78 is 0. The van der Waals surface area contributed by atoms with Gasteiger partial charge < -0.3 is 10.2 Å². The lowest BCUT2D eigenvalue weighted by atomic mass is 9.83. The fourth-order valence-corrected chi connectivity index (χ4v) is 3.07. The number of rotatable bonds is 0. The van der Waals surface area contributed by atoms with Gasteiger partial charge in [0.1, 0.15) is 0 Å². The zero-order valence-corrected chi connectivity index (χ0v) is 9.72. The van der Waals surface area contributed by atoms with Gasteiger partial charge in [-0.2, -0.15) is 0 Å². The Kier molecular flexibility index (Phi) is 1.74. The first-order chi connectivity index (χ1) is 8.67. The average Bonchev–Trinajstić information content (AvgIpc) is 2.36. The van der Waals surface area contributed by atoms with Crippen molar-refractivity contribution in [1.82, 2.24) is 0 Å². The molecular formula is C16H12O2. The van der Waals surface area contributed by atoms with E-state index in [0.29, 0.717) is 5.56 Å². The molecule has 0 aromatic heterocycles. The predicted molar refractivity (Wildman–Crippen MR) is 71.3 cm³/mol. The summed E-state index contributed by atoms with van der Waals surface area (Å²) in [6.07, 6.45) is 0.250. The van der Waals surface area contributed by atoms with Crippen molar-refractivity contribution >= 4 is 21.5 Å². The largest absolute Gasteiger partial charge is 0.362 e. The van der Waals surface area contributed by atoms with Crippen LogP contribution in [0.2, 0.25) is 0 Å². The van der Waals surface area contributed by atoms with Crippen molar-refractivity contribution in [2.45, 2.75) is 12.2 Å². The van der Waals surface area contributed by atoms with Crippen LogP contribution in [-0.2, 0) is 12.2 Å². The Morgan fingerprint density at radius 3 is 2.22 bits per heavy atom. The Morgan fingerprint density at radius 1 is 0.778 bits per heavy atom. The van der Waals surface area contributed by atoms with E-state index < -0.39 is 5.79 Å². The first kappa shape index (κ1) is 10.1. The summed E-state index contributed by atoms with van der Waals surface area (Å²) in [6, 6.07) is 15.8. The quantitative estimate of drug-likeness (QED) is 0.465. The van der Waals surface area contributed by atoms with Crippen LogP contribution >= 0.6 is 0 Å². The van der Waals surface area contributed by atoms with E-state index in [4.69, 9.17) is 0 Å². The van der Waals surface area contributed by atoms with Gasteiger partial charge in [0.15, 0.2) is 5.79 Å². The van der Waals surface area contributed by atoms with E-state index in [1.807, 2.05) is 30.3 Å². The molecule has 88 valence electrons. The molecule has 0 amide bonds. The van der Waals surface area contributed by atoms with Crippen LogP contribution in [0.4, 0.5) is 0 Å². The maximum atomic E-state index is 10.2. The van der Waals surface area contributed by atoms with Crippen molar-refractivity contribution in [3.63, 3.8) is 0 Å². The van der Waals surface area contributed by atoms with Gasteiger partial charge in [0.25, 0.3) is 0 Å². The lowest BCUT2D eigenvalue weighted by Gasteiger charge is -2.29. The SMILES string of the molecule is OC1(O)Cc2cccc3ccc4cccc1c4c23. The Morgan fingerprint density at radius 2 is 1.44 bits per heavy atom. The minimum Gasteiger partial charge on any atom is -0.362 e. The van der Waals surface area contributed by atoms with E-state index in [1.54, 1.807) is 6.07 Å². The summed E-state index contributed by atoms with van der Waals surface area (Å²) in [5.74, 6) is -1.76. The molecule has 4 rings (SSSR count). The fraction of sp³-hybridized carbons (Fsp3) is 0.125. The van der Waals surface area contributed by atoms with Crippen molar-refractivity contribution in [3.05, 3.63) is 59.7 Å². The molecule has 2 nitrogen and oxygen atoms in total. The normalized spacial score (nSPS) is 16.6. The molecule has 0 saturated carbocycles. The molecule has 3 aromatic carbocycles. The van der Waals surface area contributed by atoms with E-state index in [2.05, 4.69) is 12.1 Å². The van der Waals surface area contributed by atoms with Gasteiger partial charge in [0, 0.05) is 12.0 Å². The standard InChI is InChI=1S/C16H12O2/c17-16(18)9-12-5-1-3-10-7-8-11-4-2-6-13(16)15(11)14(10)12/h1-8,17-18H,9H2. The van der Waals surface area contributed by atoms with Crippen molar-refractivity contribution in [2.24, 2.45) is 0 Å². The third kappa shape index (κ3) is 1.14. The van der Waals surface area contributed by atoms with E-state index in [9.17, 15) is 10.2 Å². The highest BCUT2D eigenvalue weighted by atomic mass is 16.5. The monoisotopic (exact) mass is 236 g/mol. The van der Waals surface area contributed by atoms with Gasteiger partial charge >= 0.3 is 0 Å². The van der Waals surface area contributed by atoms with Gasteiger partial charge in [-0.1, -0.05) is 48.5 Å². The second-order valence-electron chi connectivity index (χ2n) is 4.98. The molecule has 0 saturated heterocycles. The molecule has 0 unspecified atom stereocenters. The molecule has 0 spiro atoms. The summed E-state index contributed by atoms with van der Waals surface area (Å²) in [5.41, 5.74) is 1.62. The smallest absolute Gasteiger partial charge is 0.194 e. The van der Waals surface area contributed by atoms with Crippen LogP contribution in [-0.4, -0.2) is 10.2 Å². The van der Waals surface area contributed by atoms with Crippen LogP contribution in [0.3, 0.4) is 0 Å². The highest BCUT2D eigenvalue weighted by molar-refractivity contribution is 6.11. The molecule has 0 radical (unpaired) electrons. The van der Waals surface area contributed by atoms with Crippen LogP contribution in [0.15, 0.2) is 48.5 Å². The molecule has 2 heteroatoms. The number of hydrogen-bond acceptors (Lipinski definition) is 2. The van der Waals surface area contributed by atoms with Gasteiger partial charge in [-0.05, 0) is 27.1 Å². The zero-order valence-electron chi connectivity index (χ0n) is 9.72. The maximum Gasteiger partial charge on any atom is 0.194 e. The summed E-state index contributed by atoms with van der Waals surface area (Å²) in [4.78, 5) is 0. The number of hydrogen-bond donors (Lipinski definition) is 2. The highest BCUT2D eigenvalue weighted by Gasteiger charge is 2.33. The molecule has 0 bridgehead atoms. The average molecular weight is 236 g/mol. The second kappa shape index (κ2) is 3.10. The summed E-state index contributed by atoms with van der Waals surface area (Å²) >= 11 is 0. The van der Waals surface area contributed by atoms with E-state index >= 15 is 0 Å². The van der Waals surface area contributed by atoms with Crippen molar-refractivity contribution in [1.29, 1.82) is 0 Å². The first-order valence-electron chi connectivity index (χ1n) is 6.05.